The van der Waals surface area contributed by atoms with Crippen LogP contribution in [0.3, 0.4) is 0 Å². The van der Waals surface area contributed by atoms with Crippen LogP contribution in [0, 0.1) is 5.92 Å². The third kappa shape index (κ3) is 4.01. The second-order valence-electron chi connectivity index (χ2n) is 6.91. The van der Waals surface area contributed by atoms with Crippen LogP contribution < -0.4 is 4.72 Å². The average molecular weight is 368 g/mol. The van der Waals surface area contributed by atoms with E-state index in [1.54, 1.807) is 0 Å². The van der Waals surface area contributed by atoms with E-state index in [2.05, 4.69) is 4.72 Å². The molecule has 0 aliphatic carbocycles. The van der Waals surface area contributed by atoms with E-state index < -0.39 is 27.4 Å². The predicted octanol–water partition coefficient (Wildman–Crippen LogP) is 1.70. The third-order valence-electron chi connectivity index (χ3n) is 4.44. The van der Waals surface area contributed by atoms with Gasteiger partial charge in [0.2, 0.25) is 10.0 Å². The Bertz CT molecular complexity index is 758. The Morgan fingerprint density at radius 3 is 2.40 bits per heavy atom. The molecular formula is C17H24N2O5S. The summed E-state index contributed by atoms with van der Waals surface area (Å²) in [6.07, 6.45) is 1.03. The van der Waals surface area contributed by atoms with Crippen molar-refractivity contribution in [3.63, 3.8) is 0 Å². The van der Waals surface area contributed by atoms with E-state index in [4.69, 9.17) is 0 Å². The number of hydrogen-bond acceptors (Lipinski definition) is 4. The molecule has 1 atom stereocenters. The fourth-order valence-electron chi connectivity index (χ4n) is 2.80. The zero-order valence-electron chi connectivity index (χ0n) is 14.7. The molecule has 1 saturated heterocycles. The second-order valence-corrected chi connectivity index (χ2v) is 8.68. The highest BCUT2D eigenvalue weighted by Crippen LogP contribution is 2.30. The molecule has 0 aromatic heterocycles. The minimum Gasteiger partial charge on any atom is -0.480 e. The van der Waals surface area contributed by atoms with Gasteiger partial charge in [0.05, 0.1) is 4.90 Å². The molecule has 1 aromatic carbocycles. The number of likely N-dealkylation sites (tertiary alicyclic amines) is 1. The van der Waals surface area contributed by atoms with Gasteiger partial charge in [0.15, 0.2) is 0 Å². The van der Waals surface area contributed by atoms with E-state index in [1.807, 2.05) is 13.8 Å². The Kier molecular flexibility index (Phi) is 5.53. The molecule has 1 aromatic rings. The van der Waals surface area contributed by atoms with E-state index >= 15 is 0 Å². The summed E-state index contributed by atoms with van der Waals surface area (Å²) >= 11 is 0. The summed E-state index contributed by atoms with van der Waals surface area (Å²) < 4.78 is 26.9. The summed E-state index contributed by atoms with van der Waals surface area (Å²) in [5.41, 5.74) is -0.946. The molecule has 25 heavy (non-hydrogen) atoms. The summed E-state index contributed by atoms with van der Waals surface area (Å²) in [6, 6.07) is 5.58. The van der Waals surface area contributed by atoms with Crippen molar-refractivity contribution in [1.29, 1.82) is 0 Å². The van der Waals surface area contributed by atoms with Gasteiger partial charge >= 0.3 is 5.97 Å². The van der Waals surface area contributed by atoms with Crippen LogP contribution in [0.25, 0.3) is 0 Å². The lowest BCUT2D eigenvalue weighted by molar-refractivity contribution is -0.147. The molecule has 2 N–H and O–H groups in total. The van der Waals surface area contributed by atoms with Crippen LogP contribution >= 0.6 is 0 Å². The van der Waals surface area contributed by atoms with Gasteiger partial charge in [-0.05, 0) is 49.9 Å². The normalized spacial score (nSPS) is 20.9. The van der Waals surface area contributed by atoms with Gasteiger partial charge in [-0.15, -0.1) is 0 Å². The van der Waals surface area contributed by atoms with Crippen LogP contribution in [-0.2, 0) is 14.8 Å². The molecule has 0 radical (unpaired) electrons. The van der Waals surface area contributed by atoms with Gasteiger partial charge in [-0.2, -0.15) is 0 Å². The first-order valence-electron chi connectivity index (χ1n) is 8.23. The predicted molar refractivity (Wildman–Crippen MR) is 92.8 cm³/mol. The highest BCUT2D eigenvalue weighted by atomic mass is 32.2. The Hall–Kier alpha value is -1.93. The minimum absolute atomic E-state index is 0.0760. The molecule has 138 valence electrons. The Labute approximate surface area is 148 Å². The lowest BCUT2D eigenvalue weighted by atomic mass is 9.98. The number of aliphatic carboxylic acids is 1. The lowest BCUT2D eigenvalue weighted by Crippen LogP contribution is -2.50. The monoisotopic (exact) mass is 368 g/mol. The maximum Gasteiger partial charge on any atom is 0.329 e. The summed E-state index contributed by atoms with van der Waals surface area (Å²) in [5.74, 6) is -1.25. The average Bonchev–Trinajstić information content (AvgIpc) is 2.96. The summed E-state index contributed by atoms with van der Waals surface area (Å²) in [6.45, 7) is 6.04. The summed E-state index contributed by atoms with van der Waals surface area (Å²) in [5, 5.41) is 9.41. The molecule has 1 aliphatic heterocycles. The lowest BCUT2D eigenvalue weighted by Gasteiger charge is -2.31. The Morgan fingerprint density at radius 1 is 1.28 bits per heavy atom. The van der Waals surface area contributed by atoms with Crippen LogP contribution in [0.5, 0.6) is 0 Å². The van der Waals surface area contributed by atoms with Crippen LogP contribution in [0.15, 0.2) is 29.2 Å². The molecule has 0 saturated carbocycles. The van der Waals surface area contributed by atoms with Crippen molar-refractivity contribution in [2.75, 3.05) is 13.1 Å². The quantitative estimate of drug-likeness (QED) is 0.795. The van der Waals surface area contributed by atoms with Gasteiger partial charge in [-0.1, -0.05) is 13.8 Å². The van der Waals surface area contributed by atoms with Gasteiger partial charge in [-0.3, -0.25) is 4.79 Å². The van der Waals surface area contributed by atoms with Gasteiger partial charge < -0.3 is 10.0 Å². The van der Waals surface area contributed by atoms with Gasteiger partial charge in [-0.25, -0.2) is 17.9 Å². The van der Waals surface area contributed by atoms with Crippen LogP contribution in [0.1, 0.15) is 44.0 Å². The molecule has 1 aliphatic rings. The zero-order chi connectivity index (χ0) is 18.8. The fraction of sp³-hybridized carbons (Fsp3) is 0.529. The molecule has 1 fully saturated rings. The van der Waals surface area contributed by atoms with E-state index in [9.17, 15) is 23.1 Å². The highest BCUT2D eigenvalue weighted by Gasteiger charge is 2.46. The van der Waals surface area contributed by atoms with Crippen molar-refractivity contribution in [3.05, 3.63) is 29.8 Å². The smallest absolute Gasteiger partial charge is 0.329 e. The highest BCUT2D eigenvalue weighted by molar-refractivity contribution is 7.89. The van der Waals surface area contributed by atoms with Crippen molar-refractivity contribution < 1.29 is 23.1 Å². The molecule has 0 bridgehead atoms. The van der Waals surface area contributed by atoms with E-state index in [1.165, 1.54) is 36.1 Å². The number of carboxylic acid groups (broad SMARTS) is 1. The van der Waals surface area contributed by atoms with Crippen LogP contribution in [-0.4, -0.2) is 48.9 Å². The van der Waals surface area contributed by atoms with E-state index in [0.717, 1.165) is 0 Å². The van der Waals surface area contributed by atoms with Crippen molar-refractivity contribution in [3.8, 4) is 0 Å². The molecule has 0 spiro atoms. The number of carbonyl (C=O) groups excluding carboxylic acids is 1. The number of benzene rings is 1. The molecular weight excluding hydrogens is 344 g/mol. The molecule has 1 unspecified atom stereocenters. The van der Waals surface area contributed by atoms with Gasteiger partial charge in [0.1, 0.15) is 5.54 Å². The maximum absolute atomic E-state index is 12.6. The van der Waals surface area contributed by atoms with Crippen molar-refractivity contribution in [2.45, 2.75) is 44.0 Å². The number of sulfonamides is 1. The van der Waals surface area contributed by atoms with E-state index in [-0.39, 0.29) is 16.4 Å². The number of amides is 1. The van der Waals surface area contributed by atoms with Crippen molar-refractivity contribution >= 4 is 21.9 Å². The number of nitrogens with one attached hydrogen (secondary N) is 1. The maximum atomic E-state index is 12.6. The fourth-order valence-corrected chi connectivity index (χ4v) is 4.02. The van der Waals surface area contributed by atoms with E-state index in [0.29, 0.717) is 25.9 Å². The molecule has 2 rings (SSSR count). The van der Waals surface area contributed by atoms with Crippen LogP contribution in [0.2, 0.25) is 0 Å². The van der Waals surface area contributed by atoms with Gasteiger partial charge in [0, 0.05) is 18.7 Å². The number of rotatable bonds is 6. The zero-order valence-corrected chi connectivity index (χ0v) is 15.5. The standard InChI is InChI=1S/C17H24N2O5S/c1-12(2)11-18-25(23,24)14-7-5-13(6-8-14)15(20)19-10-4-9-17(19,3)16(21)22/h5-8,12,18H,4,9-11H2,1-3H3,(H,21,22). The second kappa shape index (κ2) is 7.13. The molecule has 7 nitrogen and oxygen atoms in total. The molecule has 8 heteroatoms. The Morgan fingerprint density at radius 2 is 1.88 bits per heavy atom. The molecule has 1 amide bonds. The largest absolute Gasteiger partial charge is 0.480 e. The number of nitrogens with zero attached hydrogens (tertiary/aromatic N) is 1. The Balaban J connectivity index is 2.20. The summed E-state index contributed by atoms with van der Waals surface area (Å²) in [4.78, 5) is 25.6. The summed E-state index contributed by atoms with van der Waals surface area (Å²) in [7, 11) is -3.62. The van der Waals surface area contributed by atoms with Gasteiger partial charge in [0.25, 0.3) is 5.91 Å². The first-order chi connectivity index (χ1) is 11.6. The third-order valence-corrected chi connectivity index (χ3v) is 5.88. The number of hydrogen-bond donors (Lipinski definition) is 2. The van der Waals surface area contributed by atoms with Crippen LogP contribution in [0.4, 0.5) is 0 Å². The van der Waals surface area contributed by atoms with Crippen molar-refractivity contribution in [2.24, 2.45) is 5.92 Å². The minimum atomic E-state index is -3.62. The molecule has 1 heterocycles. The first-order valence-corrected chi connectivity index (χ1v) is 9.71. The first kappa shape index (κ1) is 19.4. The number of carbonyl (C=O) groups is 2. The van der Waals surface area contributed by atoms with Crippen molar-refractivity contribution in [1.82, 2.24) is 9.62 Å². The number of carboxylic acids is 1. The topological polar surface area (TPSA) is 104 Å². The SMILES string of the molecule is CC(C)CNS(=O)(=O)c1ccc(C(=O)N2CCCC2(C)C(=O)O)cc1.